The Kier molecular flexibility index (Phi) is 8.14. The number of halogens is 8. The predicted octanol–water partition coefficient (Wildman–Crippen LogP) is 9.11. The first-order chi connectivity index (χ1) is 15.9. The Morgan fingerprint density at radius 1 is 0.824 bits per heavy atom. The van der Waals surface area contributed by atoms with E-state index in [2.05, 4.69) is 11.7 Å². The summed E-state index contributed by atoms with van der Waals surface area (Å²) in [4.78, 5) is 0. The van der Waals surface area contributed by atoms with Crippen molar-refractivity contribution in [1.82, 2.24) is 0 Å². The van der Waals surface area contributed by atoms with Gasteiger partial charge in [-0.3, -0.25) is 0 Å². The molecule has 0 saturated heterocycles. The molecule has 2 aromatic carbocycles. The van der Waals surface area contributed by atoms with Gasteiger partial charge in [0.15, 0.2) is 0 Å². The monoisotopic (exact) mass is 494 g/mol. The van der Waals surface area contributed by atoms with Crippen LogP contribution in [0.5, 0.6) is 5.75 Å². The van der Waals surface area contributed by atoms with E-state index in [9.17, 15) is 35.1 Å². The predicted molar refractivity (Wildman–Crippen MR) is 111 cm³/mol. The summed E-state index contributed by atoms with van der Waals surface area (Å²) in [5, 5.41) is 0. The molecule has 188 valence electrons. The van der Waals surface area contributed by atoms with Crippen LogP contribution < -0.4 is 4.74 Å². The lowest BCUT2D eigenvalue weighted by molar-refractivity contribution is -0.187. The molecule has 0 N–H and O–H groups in total. The van der Waals surface area contributed by atoms with Crippen LogP contribution in [0, 0.1) is 23.4 Å². The zero-order chi connectivity index (χ0) is 25.1. The maximum absolute atomic E-state index is 14.6. The number of unbranched alkanes of at least 4 members (excludes halogenated alkanes) is 2. The van der Waals surface area contributed by atoms with Crippen molar-refractivity contribution >= 4 is 0 Å². The van der Waals surface area contributed by atoms with Crippen LogP contribution in [0.4, 0.5) is 35.1 Å². The molecule has 0 spiro atoms. The average Bonchev–Trinajstić information content (AvgIpc) is 2.72. The molecule has 1 nitrogen and oxygen atoms in total. The van der Waals surface area contributed by atoms with E-state index in [0.717, 1.165) is 50.7 Å². The molecule has 2 aromatic rings. The molecule has 0 bridgehead atoms. The van der Waals surface area contributed by atoms with E-state index in [1.807, 2.05) is 0 Å². The van der Waals surface area contributed by atoms with Crippen molar-refractivity contribution in [3.05, 3.63) is 64.5 Å². The zero-order valence-electron chi connectivity index (χ0n) is 18.6. The van der Waals surface area contributed by atoms with Gasteiger partial charge in [-0.2, -0.15) is 22.0 Å². The number of rotatable bonds is 8. The topological polar surface area (TPSA) is 9.23 Å². The first-order valence-corrected chi connectivity index (χ1v) is 11.3. The van der Waals surface area contributed by atoms with E-state index in [-0.39, 0.29) is 18.1 Å². The number of alkyl halides is 5. The fourth-order valence-corrected chi connectivity index (χ4v) is 4.57. The standard InChI is InChI=1S/C25H26F8O/c1-2-3-4-5-15-6-8-16(9-7-15)17-10-11-19(20(26)12-17)25(32,33)34-18-13-21(27)23(22(28)14-18)24(29,30)31/h10-16H,2-9H2,1H3. The summed E-state index contributed by atoms with van der Waals surface area (Å²) in [5.41, 5.74) is -2.82. The van der Waals surface area contributed by atoms with E-state index in [4.69, 9.17) is 0 Å². The molecule has 1 aliphatic carbocycles. The van der Waals surface area contributed by atoms with Gasteiger partial charge >= 0.3 is 12.3 Å². The van der Waals surface area contributed by atoms with Crippen molar-refractivity contribution < 1.29 is 39.9 Å². The largest absolute Gasteiger partial charge is 0.429 e. The second-order valence-corrected chi connectivity index (χ2v) is 8.83. The third-order valence-electron chi connectivity index (χ3n) is 6.39. The van der Waals surface area contributed by atoms with Gasteiger partial charge in [-0.1, -0.05) is 38.7 Å². The summed E-state index contributed by atoms with van der Waals surface area (Å²) in [6.07, 6.45) is -1.42. The molecule has 3 rings (SSSR count). The van der Waals surface area contributed by atoms with Gasteiger partial charge in [0.05, 0.1) is 5.56 Å². The molecular weight excluding hydrogens is 468 g/mol. The Balaban J connectivity index is 1.71. The first kappa shape index (κ1) is 26.3. The molecule has 0 amide bonds. The van der Waals surface area contributed by atoms with Gasteiger partial charge in [-0.05, 0) is 55.2 Å². The second-order valence-electron chi connectivity index (χ2n) is 8.83. The van der Waals surface area contributed by atoms with Crippen LogP contribution in [0.2, 0.25) is 0 Å². The van der Waals surface area contributed by atoms with Gasteiger partial charge < -0.3 is 4.74 Å². The number of benzene rings is 2. The maximum atomic E-state index is 14.6. The molecule has 34 heavy (non-hydrogen) atoms. The minimum Gasteiger partial charge on any atom is -0.429 e. The third-order valence-corrected chi connectivity index (χ3v) is 6.39. The van der Waals surface area contributed by atoms with Gasteiger partial charge in [0.1, 0.15) is 28.8 Å². The molecular formula is C25H26F8O. The van der Waals surface area contributed by atoms with Crippen molar-refractivity contribution in [2.75, 3.05) is 0 Å². The molecule has 1 fully saturated rings. The lowest BCUT2D eigenvalue weighted by Gasteiger charge is -2.29. The Morgan fingerprint density at radius 2 is 1.44 bits per heavy atom. The Morgan fingerprint density at radius 3 is 1.97 bits per heavy atom. The minimum atomic E-state index is -5.36. The summed E-state index contributed by atoms with van der Waals surface area (Å²) in [7, 11) is 0. The maximum Gasteiger partial charge on any atom is 0.429 e. The summed E-state index contributed by atoms with van der Waals surface area (Å²) >= 11 is 0. The van der Waals surface area contributed by atoms with Crippen molar-refractivity contribution in [3.63, 3.8) is 0 Å². The van der Waals surface area contributed by atoms with Gasteiger partial charge in [0.2, 0.25) is 0 Å². The number of hydrogen-bond acceptors (Lipinski definition) is 1. The van der Waals surface area contributed by atoms with E-state index < -0.39 is 46.6 Å². The molecule has 0 aliphatic heterocycles. The average molecular weight is 494 g/mol. The Labute approximate surface area is 193 Å². The molecule has 0 unspecified atom stereocenters. The zero-order valence-corrected chi connectivity index (χ0v) is 18.6. The van der Waals surface area contributed by atoms with Crippen molar-refractivity contribution in [1.29, 1.82) is 0 Å². The Bertz CT molecular complexity index is 954. The quantitative estimate of drug-likeness (QED) is 0.263. The normalized spacial score (nSPS) is 19.3. The van der Waals surface area contributed by atoms with E-state index in [1.165, 1.54) is 18.9 Å². The lowest BCUT2D eigenvalue weighted by atomic mass is 9.77. The molecule has 0 aromatic heterocycles. The van der Waals surface area contributed by atoms with Gasteiger partial charge in [-0.15, -0.1) is 0 Å². The van der Waals surface area contributed by atoms with Crippen LogP contribution in [0.1, 0.15) is 80.9 Å². The van der Waals surface area contributed by atoms with Crippen LogP contribution in [0.3, 0.4) is 0 Å². The third kappa shape index (κ3) is 6.21. The fourth-order valence-electron chi connectivity index (χ4n) is 4.57. The molecule has 1 aliphatic rings. The first-order valence-electron chi connectivity index (χ1n) is 11.3. The summed E-state index contributed by atoms with van der Waals surface area (Å²) < 4.78 is 113. The summed E-state index contributed by atoms with van der Waals surface area (Å²) in [6.45, 7) is 2.14. The van der Waals surface area contributed by atoms with E-state index in [1.54, 1.807) is 0 Å². The summed E-state index contributed by atoms with van der Waals surface area (Å²) in [6, 6.07) is 3.19. The van der Waals surface area contributed by atoms with Crippen LogP contribution in [0.15, 0.2) is 30.3 Å². The van der Waals surface area contributed by atoms with Gasteiger partial charge in [0.25, 0.3) is 0 Å². The van der Waals surface area contributed by atoms with Crippen molar-refractivity contribution in [2.24, 2.45) is 5.92 Å². The van der Waals surface area contributed by atoms with Gasteiger partial charge in [-0.25, -0.2) is 13.2 Å². The second kappa shape index (κ2) is 10.5. The minimum absolute atomic E-state index is 0.00888. The van der Waals surface area contributed by atoms with Crippen LogP contribution >= 0.6 is 0 Å². The van der Waals surface area contributed by atoms with Gasteiger partial charge in [0, 0.05) is 12.1 Å². The van der Waals surface area contributed by atoms with E-state index in [0.29, 0.717) is 11.5 Å². The highest BCUT2D eigenvalue weighted by atomic mass is 19.4. The molecule has 0 heterocycles. The highest BCUT2D eigenvalue weighted by molar-refractivity contribution is 5.34. The molecule has 0 radical (unpaired) electrons. The molecule has 9 heteroatoms. The van der Waals surface area contributed by atoms with Crippen LogP contribution in [0.25, 0.3) is 0 Å². The number of ether oxygens (including phenoxy) is 1. The Hall–Kier alpha value is -2.32. The lowest BCUT2D eigenvalue weighted by Crippen LogP contribution is -2.24. The highest BCUT2D eigenvalue weighted by Gasteiger charge is 2.41. The SMILES string of the molecule is CCCCCC1CCC(c2ccc(C(F)(F)Oc3cc(F)c(C(F)(F)F)c(F)c3)c(F)c2)CC1. The van der Waals surface area contributed by atoms with Crippen molar-refractivity contribution in [3.8, 4) is 5.75 Å². The van der Waals surface area contributed by atoms with E-state index >= 15 is 0 Å². The van der Waals surface area contributed by atoms with Crippen LogP contribution in [-0.4, -0.2) is 0 Å². The smallest absolute Gasteiger partial charge is 0.429 e. The summed E-state index contributed by atoms with van der Waals surface area (Å²) in [5.74, 6) is -6.02. The molecule has 0 atom stereocenters. The number of hydrogen-bond donors (Lipinski definition) is 0. The van der Waals surface area contributed by atoms with Crippen molar-refractivity contribution in [2.45, 2.75) is 76.5 Å². The highest BCUT2D eigenvalue weighted by Crippen LogP contribution is 2.41. The van der Waals surface area contributed by atoms with Crippen LogP contribution in [-0.2, 0) is 12.3 Å². The fraction of sp³-hybridized carbons (Fsp3) is 0.520. The molecule has 1 saturated carbocycles.